The van der Waals surface area contributed by atoms with Gasteiger partial charge in [-0.15, -0.1) is 0 Å². The average Bonchev–Trinajstić information content (AvgIpc) is 3.99. The van der Waals surface area contributed by atoms with Crippen molar-refractivity contribution >= 4 is 57.3 Å². The highest BCUT2D eigenvalue weighted by Gasteiger charge is 2.50. The molecule has 8 rings (SSSR count). The summed E-state index contributed by atoms with van der Waals surface area (Å²) in [4.78, 5) is 54.1. The van der Waals surface area contributed by atoms with Crippen LogP contribution in [0.5, 0.6) is 23.0 Å². The molecule has 2 aromatic carbocycles. The molecule has 0 aliphatic carbocycles. The number of nitrogens with zero attached hydrogens (tertiary/aromatic N) is 6. The summed E-state index contributed by atoms with van der Waals surface area (Å²) in [6.45, 7) is 11.6. The van der Waals surface area contributed by atoms with E-state index in [9.17, 15) is 55.2 Å². The van der Waals surface area contributed by atoms with Crippen LogP contribution in [0, 0.1) is 30.6 Å². The normalized spacial score (nSPS) is 32.1. The number of nitrogens with one attached hydrogen (secondary N) is 1. The molecule has 1 fully saturated rings. The third-order valence-electron chi connectivity index (χ3n) is 13.8. The van der Waals surface area contributed by atoms with Crippen molar-refractivity contribution < 1.29 is 78.9 Å². The molecule has 1 saturated heterocycles. The predicted molar refractivity (Wildman–Crippen MR) is 258 cm³/mol. The van der Waals surface area contributed by atoms with Crippen molar-refractivity contribution in [3.8, 4) is 23.0 Å². The van der Waals surface area contributed by atoms with Crippen molar-refractivity contribution in [2.24, 2.45) is 28.8 Å². The number of aliphatic hydroxyl groups is 5. The number of carbonyl (C=O) groups excluding carboxylic acids is 3. The minimum atomic E-state index is -2.15. The van der Waals surface area contributed by atoms with Gasteiger partial charge < -0.3 is 69.9 Å². The number of aliphatic hydroxyl groups excluding tert-OH is 5. The Balaban J connectivity index is 1.37. The molecule has 13 atom stereocenters. The number of aromatic hydroxyl groups is 3. The van der Waals surface area contributed by atoms with Gasteiger partial charge in [0.15, 0.2) is 29.0 Å². The molecule has 23 nitrogen and oxygen atoms in total. The van der Waals surface area contributed by atoms with Crippen LogP contribution >= 0.6 is 0 Å². The van der Waals surface area contributed by atoms with E-state index in [1.54, 1.807) is 33.8 Å². The summed E-state index contributed by atoms with van der Waals surface area (Å²) in [5, 5.41) is 97.5. The third-order valence-corrected chi connectivity index (χ3v) is 13.8. The lowest BCUT2D eigenvalue weighted by molar-refractivity contribution is -0.160. The molecular formula is C49H61N7O16. The summed E-state index contributed by atoms with van der Waals surface area (Å²) in [6, 6.07) is 0. The van der Waals surface area contributed by atoms with Gasteiger partial charge in [0.25, 0.3) is 11.7 Å². The SMILES string of the molecule is CO[C@H]1/C=C/O[C@@]2(C)Oc3c(C)c(O)c4c(O)c(c(/C=N/N(C)c5ncnc6c5ncn6[C@@H]5O[C@H](CO)[C@@H](O)[C@H]5O)c(O)c4c3C2=O)NC(=O)/C(C)=C\C=C\[C@H](C)[C@H](O)[C@@H](C)[C@@H](O)[C@@H](C)[C@H](OC(C)=O)[C@@H]1C. The lowest BCUT2D eigenvalue weighted by Crippen LogP contribution is -2.46. The zero-order valence-corrected chi connectivity index (χ0v) is 41.3. The van der Waals surface area contributed by atoms with Gasteiger partial charge in [-0.3, -0.25) is 19.0 Å². The minimum Gasteiger partial charge on any atom is -0.507 e. The number of allylic oxidation sites excluding steroid dienone is 2. The van der Waals surface area contributed by atoms with E-state index in [1.807, 2.05) is 0 Å². The smallest absolute Gasteiger partial charge is 0.312 e. The fourth-order valence-corrected chi connectivity index (χ4v) is 9.44. The minimum absolute atomic E-state index is 0.0307. The van der Waals surface area contributed by atoms with Crippen molar-refractivity contribution in [1.29, 1.82) is 0 Å². The van der Waals surface area contributed by atoms with E-state index in [0.29, 0.717) is 0 Å². The molecule has 0 radical (unpaired) electrons. The Kier molecular flexibility index (Phi) is 15.3. The maximum absolute atomic E-state index is 14.7. The fourth-order valence-electron chi connectivity index (χ4n) is 9.44. The average molecular weight is 1000 g/mol. The first kappa shape index (κ1) is 53.1. The molecule has 1 amide bonds. The van der Waals surface area contributed by atoms with Crippen LogP contribution in [-0.2, 0) is 28.5 Å². The zero-order valence-electron chi connectivity index (χ0n) is 41.3. The van der Waals surface area contributed by atoms with Gasteiger partial charge in [-0.1, -0.05) is 45.9 Å². The van der Waals surface area contributed by atoms with Crippen LogP contribution in [0.25, 0.3) is 21.9 Å². The molecule has 0 saturated carbocycles. The maximum Gasteiger partial charge on any atom is 0.312 e. The topological polar surface area (TPSA) is 330 Å². The van der Waals surface area contributed by atoms with E-state index < -0.39 is 131 Å². The summed E-state index contributed by atoms with van der Waals surface area (Å²) in [5.74, 6) is -9.40. The summed E-state index contributed by atoms with van der Waals surface area (Å²) >= 11 is 0. The number of hydrogen-bond acceptors (Lipinski definition) is 21. The van der Waals surface area contributed by atoms with Crippen molar-refractivity contribution in [3.05, 3.63) is 65.5 Å². The van der Waals surface area contributed by atoms with E-state index >= 15 is 0 Å². The third kappa shape index (κ3) is 9.43. The van der Waals surface area contributed by atoms with Gasteiger partial charge >= 0.3 is 11.8 Å². The molecule has 4 aliphatic heterocycles. The quantitative estimate of drug-likeness (QED) is 0.0422. The Labute approximate surface area is 413 Å². The monoisotopic (exact) mass is 1000 g/mol. The number of imidazole rings is 1. The molecule has 5 bridgehead atoms. The number of Topliss-reactive ketones (excluding diaryl/α,β-unsaturated/α-hetero) is 1. The van der Waals surface area contributed by atoms with Crippen LogP contribution < -0.4 is 15.1 Å². The van der Waals surface area contributed by atoms with Crippen molar-refractivity contribution in [1.82, 2.24) is 19.5 Å². The molecule has 2 aromatic heterocycles. The van der Waals surface area contributed by atoms with Crippen LogP contribution in [0.1, 0.15) is 76.2 Å². The number of phenols is 3. The highest BCUT2D eigenvalue weighted by Crippen LogP contribution is 2.55. The van der Waals surface area contributed by atoms with Crippen LogP contribution in [0.15, 0.2) is 53.9 Å². The van der Waals surface area contributed by atoms with Gasteiger partial charge in [-0.25, -0.2) is 20.0 Å². The number of esters is 1. The number of fused-ring (bicyclic) bond motifs is 15. The van der Waals surface area contributed by atoms with Gasteiger partial charge in [0.1, 0.15) is 48.0 Å². The first-order valence-electron chi connectivity index (χ1n) is 23.1. The number of benzene rings is 2. The standard InChI is InChI=1S/C49H61N7O16/c1-20-12-11-13-21(2)47(67)54-33-27(16-53-55(9)45-34-46(51-18-50-45)56(19-52-34)48-41(65)39(63)29(17-57)71-48)38(62)30-31(40(33)64)37(61)25(6)43-32(30)44(66)49(8,72-43)69-15-14-28(68-10)22(3)42(70-26(7)58)24(5)36(60)23(4)35(20)59/h11-16,18-20,22-24,28-29,35-36,39,41-42,48,57,59-65H,17H2,1-10H3,(H,54,67)/b12-11+,15-14+,21-13-,53-16+/t20-,22+,23+,24+,28-,29+,35-,36+,39+,41+,42+,48+,49-/m0/s1. The second kappa shape index (κ2) is 20.8. The van der Waals surface area contributed by atoms with E-state index in [4.69, 9.17) is 23.7 Å². The molecule has 0 unspecified atom stereocenters. The number of anilines is 2. The number of aromatic nitrogens is 4. The summed E-state index contributed by atoms with van der Waals surface area (Å²) in [5.41, 5.74) is -0.784. The van der Waals surface area contributed by atoms with E-state index in [-0.39, 0.29) is 50.4 Å². The fraction of sp³-hybridized carbons (Fsp3) is 0.490. The number of ketones is 1. The molecule has 72 heavy (non-hydrogen) atoms. The number of phenolic OH excluding ortho intramolecular Hbond substituents is 3. The lowest BCUT2D eigenvalue weighted by Gasteiger charge is -2.38. The molecule has 6 heterocycles. The molecule has 4 aliphatic rings. The van der Waals surface area contributed by atoms with Gasteiger partial charge in [0.05, 0.1) is 65.9 Å². The van der Waals surface area contributed by atoms with Crippen LogP contribution in [0.3, 0.4) is 0 Å². The van der Waals surface area contributed by atoms with Crippen LogP contribution in [0.4, 0.5) is 11.5 Å². The van der Waals surface area contributed by atoms with E-state index in [1.165, 1.54) is 82.3 Å². The number of hydrogen-bond donors (Lipinski definition) is 9. The number of carbonyl (C=O) groups is 3. The lowest BCUT2D eigenvalue weighted by atomic mass is 9.78. The van der Waals surface area contributed by atoms with Crippen LogP contribution in [-0.4, -0.2) is 154 Å². The molecule has 23 heteroatoms. The largest absolute Gasteiger partial charge is 0.507 e. The zero-order chi connectivity index (χ0) is 52.8. The Morgan fingerprint density at radius 2 is 1.65 bits per heavy atom. The van der Waals surface area contributed by atoms with Crippen molar-refractivity contribution in [2.45, 2.75) is 110 Å². The molecule has 4 aromatic rings. The second-order valence-corrected chi connectivity index (χ2v) is 18.6. The van der Waals surface area contributed by atoms with Gasteiger partial charge in [-0.05, 0) is 19.9 Å². The summed E-state index contributed by atoms with van der Waals surface area (Å²) < 4.78 is 30.7. The Hall–Kier alpha value is -6.73. The first-order valence-corrected chi connectivity index (χ1v) is 23.1. The second-order valence-electron chi connectivity index (χ2n) is 18.6. The Morgan fingerprint density at radius 3 is 2.31 bits per heavy atom. The van der Waals surface area contributed by atoms with Gasteiger partial charge in [0.2, 0.25) is 0 Å². The number of methoxy groups -OCH3 is 1. The Bertz CT molecular complexity index is 2880. The highest BCUT2D eigenvalue weighted by atomic mass is 16.7. The summed E-state index contributed by atoms with van der Waals surface area (Å²) in [7, 11) is 2.86. The molecular weight excluding hydrogens is 943 g/mol. The Morgan fingerprint density at radius 1 is 0.944 bits per heavy atom. The van der Waals surface area contributed by atoms with Crippen molar-refractivity contribution in [3.63, 3.8) is 0 Å². The van der Waals surface area contributed by atoms with Gasteiger partial charge in [0, 0.05) is 68.2 Å². The van der Waals surface area contributed by atoms with E-state index in [2.05, 4.69) is 25.4 Å². The highest BCUT2D eigenvalue weighted by molar-refractivity contribution is 6.24. The van der Waals surface area contributed by atoms with Crippen molar-refractivity contribution in [2.75, 3.05) is 31.1 Å². The molecule has 0 spiro atoms. The molecule has 388 valence electrons. The van der Waals surface area contributed by atoms with Crippen LogP contribution in [0.2, 0.25) is 0 Å². The number of ether oxygens (including phenoxy) is 5. The molecule has 9 N–H and O–H groups in total. The summed E-state index contributed by atoms with van der Waals surface area (Å²) in [6.07, 6.45) is 1.46. The number of rotatable bonds is 7. The maximum atomic E-state index is 14.7. The number of hydrazone groups is 1. The van der Waals surface area contributed by atoms with Gasteiger partial charge in [-0.2, -0.15) is 5.10 Å². The first-order chi connectivity index (χ1) is 34.0. The van der Waals surface area contributed by atoms with E-state index in [0.717, 1.165) is 12.5 Å². The predicted octanol–water partition coefficient (Wildman–Crippen LogP) is 2.98. The number of amides is 1.